The second-order valence-electron chi connectivity index (χ2n) is 5.14. The van der Waals surface area contributed by atoms with Crippen LogP contribution in [0, 0.1) is 13.8 Å². The van der Waals surface area contributed by atoms with E-state index >= 15 is 0 Å². The summed E-state index contributed by atoms with van der Waals surface area (Å²) >= 11 is 1.60. The molecule has 0 aliphatic rings. The molecule has 1 aromatic carbocycles. The first-order valence-electron chi connectivity index (χ1n) is 6.52. The van der Waals surface area contributed by atoms with E-state index in [-0.39, 0.29) is 12.5 Å². The molecule has 1 amide bonds. The number of amides is 1. The number of aliphatic hydroxyl groups excluding tert-OH is 1. The lowest BCUT2D eigenvalue weighted by molar-refractivity contribution is 0.0849. The zero-order valence-electron chi connectivity index (χ0n) is 11.9. The predicted octanol–water partition coefficient (Wildman–Crippen LogP) is 3.00. The Bertz CT molecular complexity index is 606. The second kappa shape index (κ2) is 5.77. The van der Waals surface area contributed by atoms with Gasteiger partial charge in [0.05, 0.1) is 17.7 Å². The fourth-order valence-corrected chi connectivity index (χ4v) is 3.10. The van der Waals surface area contributed by atoms with Crippen molar-refractivity contribution in [1.82, 2.24) is 5.32 Å². The van der Waals surface area contributed by atoms with Crippen LogP contribution in [0.4, 0.5) is 0 Å². The van der Waals surface area contributed by atoms with Crippen molar-refractivity contribution in [1.29, 1.82) is 0 Å². The minimum atomic E-state index is -0.777. The van der Waals surface area contributed by atoms with E-state index in [4.69, 9.17) is 0 Å². The molecule has 1 heterocycles. The Morgan fingerprint density at radius 1 is 1.30 bits per heavy atom. The molecule has 0 aliphatic heterocycles. The van der Waals surface area contributed by atoms with Crippen molar-refractivity contribution in [3.63, 3.8) is 0 Å². The van der Waals surface area contributed by atoms with Crippen LogP contribution in [0.2, 0.25) is 0 Å². The largest absolute Gasteiger partial charge is 0.394 e. The number of nitrogens with one attached hydrogen (secondary N) is 1. The zero-order chi connectivity index (χ0) is 14.8. The minimum Gasteiger partial charge on any atom is -0.394 e. The highest BCUT2D eigenvalue weighted by Crippen LogP contribution is 2.24. The maximum atomic E-state index is 12.4. The van der Waals surface area contributed by atoms with Gasteiger partial charge >= 0.3 is 0 Å². The quantitative estimate of drug-likeness (QED) is 0.909. The molecule has 2 N–H and O–H groups in total. The maximum absolute atomic E-state index is 12.4. The first kappa shape index (κ1) is 14.8. The third-order valence-electron chi connectivity index (χ3n) is 3.40. The lowest BCUT2D eigenvalue weighted by atomic mass is 9.92. The Balaban J connectivity index is 2.26. The van der Waals surface area contributed by atoms with Crippen LogP contribution in [0.1, 0.15) is 32.6 Å². The average molecular weight is 289 g/mol. The normalized spacial score (nSPS) is 13.8. The van der Waals surface area contributed by atoms with Gasteiger partial charge in [-0.2, -0.15) is 0 Å². The molecule has 1 atom stereocenters. The van der Waals surface area contributed by atoms with Gasteiger partial charge in [-0.3, -0.25) is 4.79 Å². The number of carbonyl (C=O) groups excluding carboxylic acids is 1. The Morgan fingerprint density at radius 2 is 1.95 bits per heavy atom. The molecule has 1 unspecified atom stereocenters. The van der Waals surface area contributed by atoms with Crippen LogP contribution in [-0.4, -0.2) is 17.6 Å². The molecule has 0 radical (unpaired) electrons. The van der Waals surface area contributed by atoms with Crippen molar-refractivity contribution in [3.8, 4) is 0 Å². The second-order valence-corrected chi connectivity index (χ2v) is 6.60. The molecule has 0 aliphatic carbocycles. The van der Waals surface area contributed by atoms with Gasteiger partial charge in [-0.1, -0.05) is 30.3 Å². The summed E-state index contributed by atoms with van der Waals surface area (Å²) in [4.78, 5) is 14.5. The van der Waals surface area contributed by atoms with Gasteiger partial charge in [0.1, 0.15) is 0 Å². The summed E-state index contributed by atoms with van der Waals surface area (Å²) in [6.45, 7) is 5.60. The summed E-state index contributed by atoms with van der Waals surface area (Å²) in [6, 6.07) is 11.4. The molecule has 3 nitrogen and oxygen atoms in total. The van der Waals surface area contributed by atoms with Crippen LogP contribution in [0.3, 0.4) is 0 Å². The number of benzene rings is 1. The van der Waals surface area contributed by atoms with Gasteiger partial charge in [0.25, 0.3) is 5.91 Å². The van der Waals surface area contributed by atoms with E-state index in [0.29, 0.717) is 5.56 Å². The van der Waals surface area contributed by atoms with Crippen LogP contribution in [-0.2, 0) is 5.54 Å². The number of hydrogen-bond acceptors (Lipinski definition) is 3. The highest BCUT2D eigenvalue weighted by Gasteiger charge is 2.28. The molecule has 2 rings (SSSR count). The van der Waals surface area contributed by atoms with Gasteiger partial charge in [-0.15, -0.1) is 11.3 Å². The lowest BCUT2D eigenvalue weighted by Crippen LogP contribution is -2.46. The van der Waals surface area contributed by atoms with E-state index in [1.807, 2.05) is 57.2 Å². The number of thiophene rings is 1. The van der Waals surface area contributed by atoms with Gasteiger partial charge in [-0.05, 0) is 32.4 Å². The van der Waals surface area contributed by atoms with Crippen molar-refractivity contribution >= 4 is 17.2 Å². The van der Waals surface area contributed by atoms with E-state index in [0.717, 1.165) is 15.3 Å². The van der Waals surface area contributed by atoms with Crippen molar-refractivity contribution in [2.24, 2.45) is 0 Å². The fourth-order valence-electron chi connectivity index (χ4n) is 2.18. The number of aliphatic hydroxyl groups is 1. The van der Waals surface area contributed by atoms with Gasteiger partial charge in [0.15, 0.2) is 0 Å². The van der Waals surface area contributed by atoms with E-state index in [1.54, 1.807) is 11.3 Å². The smallest absolute Gasteiger partial charge is 0.253 e. The molecule has 0 bridgehead atoms. The molecule has 0 saturated heterocycles. The molecule has 0 fully saturated rings. The van der Waals surface area contributed by atoms with Gasteiger partial charge in [0.2, 0.25) is 0 Å². The van der Waals surface area contributed by atoms with E-state index in [9.17, 15) is 9.90 Å². The topological polar surface area (TPSA) is 49.3 Å². The van der Waals surface area contributed by atoms with Crippen molar-refractivity contribution in [2.45, 2.75) is 26.3 Å². The van der Waals surface area contributed by atoms with Gasteiger partial charge in [-0.25, -0.2) is 0 Å². The molecule has 0 spiro atoms. The van der Waals surface area contributed by atoms with Gasteiger partial charge < -0.3 is 10.4 Å². The molecule has 2 aromatic rings. The Morgan fingerprint density at radius 3 is 2.45 bits per heavy atom. The fraction of sp³-hybridized carbons (Fsp3) is 0.312. The minimum absolute atomic E-state index is 0.146. The zero-order valence-corrected chi connectivity index (χ0v) is 12.8. The van der Waals surface area contributed by atoms with Crippen LogP contribution >= 0.6 is 11.3 Å². The Labute approximate surface area is 123 Å². The molecule has 4 heteroatoms. The Kier molecular flexibility index (Phi) is 4.26. The summed E-state index contributed by atoms with van der Waals surface area (Å²) in [5.41, 5.74) is 0.796. The Hall–Kier alpha value is -1.65. The summed E-state index contributed by atoms with van der Waals surface area (Å²) in [5.74, 6) is -0.146. The predicted molar refractivity (Wildman–Crippen MR) is 82.1 cm³/mol. The van der Waals surface area contributed by atoms with E-state index in [2.05, 4.69) is 5.32 Å². The number of hydrogen-bond donors (Lipinski definition) is 2. The van der Waals surface area contributed by atoms with Crippen LogP contribution < -0.4 is 5.32 Å². The van der Waals surface area contributed by atoms with E-state index < -0.39 is 5.54 Å². The first-order chi connectivity index (χ1) is 9.46. The van der Waals surface area contributed by atoms with Crippen LogP contribution in [0.25, 0.3) is 0 Å². The summed E-state index contributed by atoms with van der Waals surface area (Å²) < 4.78 is 0. The monoisotopic (exact) mass is 289 g/mol. The number of aryl methyl sites for hydroxylation is 2. The van der Waals surface area contributed by atoms with Crippen molar-refractivity contribution in [2.75, 3.05) is 6.61 Å². The van der Waals surface area contributed by atoms with Gasteiger partial charge in [0, 0.05) is 9.75 Å². The molecule has 1 aromatic heterocycles. The lowest BCUT2D eigenvalue weighted by Gasteiger charge is -2.29. The average Bonchev–Trinajstić information content (AvgIpc) is 2.78. The number of carbonyl (C=O) groups is 1. The molecule has 106 valence electrons. The summed E-state index contributed by atoms with van der Waals surface area (Å²) in [6.07, 6.45) is 0. The summed E-state index contributed by atoms with van der Waals surface area (Å²) in [5, 5.41) is 12.6. The molecular formula is C16H19NO2S. The van der Waals surface area contributed by atoms with Crippen LogP contribution in [0.15, 0.2) is 36.4 Å². The standard InChI is InChI=1S/C16H19NO2S/c1-11-9-14(12(2)20-11)15(19)17-16(3,10-18)13-7-5-4-6-8-13/h4-9,18H,10H2,1-3H3,(H,17,19). The molecule has 0 saturated carbocycles. The number of rotatable bonds is 4. The van der Waals surface area contributed by atoms with Crippen molar-refractivity contribution in [3.05, 3.63) is 57.3 Å². The maximum Gasteiger partial charge on any atom is 0.253 e. The highest BCUT2D eigenvalue weighted by molar-refractivity contribution is 7.12. The van der Waals surface area contributed by atoms with Crippen LogP contribution in [0.5, 0.6) is 0 Å². The summed E-state index contributed by atoms with van der Waals surface area (Å²) in [7, 11) is 0. The van der Waals surface area contributed by atoms with Crippen molar-refractivity contribution < 1.29 is 9.90 Å². The highest BCUT2D eigenvalue weighted by atomic mass is 32.1. The SMILES string of the molecule is Cc1cc(C(=O)NC(C)(CO)c2ccccc2)c(C)s1. The third kappa shape index (κ3) is 2.92. The third-order valence-corrected chi connectivity index (χ3v) is 4.37. The first-order valence-corrected chi connectivity index (χ1v) is 7.34. The molecular weight excluding hydrogens is 270 g/mol. The van der Waals surface area contributed by atoms with E-state index in [1.165, 1.54) is 0 Å². The molecule has 20 heavy (non-hydrogen) atoms.